The summed E-state index contributed by atoms with van der Waals surface area (Å²) in [6, 6.07) is 4.53. The number of hydrogen-bond acceptors (Lipinski definition) is 2. The molecule has 18 heavy (non-hydrogen) atoms. The van der Waals surface area contributed by atoms with Crippen LogP contribution in [0, 0.1) is 24.6 Å². The molecular formula is C13H17FN2OS. The van der Waals surface area contributed by atoms with E-state index in [2.05, 4.69) is 5.32 Å². The fraction of sp³-hybridized carbons (Fsp3) is 0.385. The van der Waals surface area contributed by atoms with Gasteiger partial charge in [0.25, 0.3) is 0 Å². The molecule has 0 aliphatic carbocycles. The number of thiocarbonyl (C=S) groups is 1. The maximum Gasteiger partial charge on any atom is 0.234 e. The second-order valence-electron chi connectivity index (χ2n) is 4.60. The molecule has 0 radical (unpaired) electrons. The number of halogens is 1. The Morgan fingerprint density at radius 3 is 2.56 bits per heavy atom. The third-order valence-electron chi connectivity index (χ3n) is 2.64. The van der Waals surface area contributed by atoms with Crippen LogP contribution in [0.5, 0.6) is 0 Å². The molecule has 3 N–H and O–H groups in total. The van der Waals surface area contributed by atoms with Gasteiger partial charge < -0.3 is 11.1 Å². The third-order valence-corrected chi connectivity index (χ3v) is 2.89. The van der Waals surface area contributed by atoms with Gasteiger partial charge in [0.1, 0.15) is 5.82 Å². The summed E-state index contributed by atoms with van der Waals surface area (Å²) in [5.74, 6) is -1.48. The molecule has 1 aromatic rings. The van der Waals surface area contributed by atoms with E-state index in [1.54, 1.807) is 12.1 Å². The topological polar surface area (TPSA) is 55.1 Å². The van der Waals surface area contributed by atoms with E-state index in [4.69, 9.17) is 18.0 Å². The number of anilines is 1. The zero-order valence-electron chi connectivity index (χ0n) is 10.7. The Morgan fingerprint density at radius 1 is 1.44 bits per heavy atom. The summed E-state index contributed by atoms with van der Waals surface area (Å²) >= 11 is 4.87. The van der Waals surface area contributed by atoms with Crippen molar-refractivity contribution in [3.8, 4) is 0 Å². The van der Waals surface area contributed by atoms with Gasteiger partial charge >= 0.3 is 0 Å². The van der Waals surface area contributed by atoms with Gasteiger partial charge in [-0.3, -0.25) is 4.79 Å². The zero-order valence-corrected chi connectivity index (χ0v) is 11.5. The second kappa shape index (κ2) is 5.91. The Labute approximate surface area is 112 Å². The van der Waals surface area contributed by atoms with Crippen molar-refractivity contribution in [3.05, 3.63) is 29.6 Å². The molecule has 0 fully saturated rings. The molecule has 0 aliphatic rings. The number of nitrogens with two attached hydrogens (primary N) is 1. The van der Waals surface area contributed by atoms with Crippen LogP contribution in [0.15, 0.2) is 18.2 Å². The van der Waals surface area contributed by atoms with Gasteiger partial charge in [0.15, 0.2) is 0 Å². The number of carbonyl (C=O) groups is 1. The first-order valence-electron chi connectivity index (χ1n) is 5.69. The smallest absolute Gasteiger partial charge is 0.234 e. The molecule has 0 heterocycles. The van der Waals surface area contributed by atoms with Crippen molar-refractivity contribution >= 4 is 28.8 Å². The number of nitrogens with one attached hydrogen (secondary N) is 1. The van der Waals surface area contributed by atoms with Crippen molar-refractivity contribution in [2.45, 2.75) is 20.8 Å². The van der Waals surface area contributed by atoms with E-state index < -0.39 is 11.7 Å². The Kier molecular flexibility index (Phi) is 4.78. The highest BCUT2D eigenvalue weighted by Gasteiger charge is 2.25. The Morgan fingerprint density at radius 2 is 2.06 bits per heavy atom. The summed E-state index contributed by atoms with van der Waals surface area (Å²) in [4.78, 5) is 12.1. The molecule has 98 valence electrons. The van der Waals surface area contributed by atoms with Crippen LogP contribution in [-0.4, -0.2) is 10.9 Å². The lowest BCUT2D eigenvalue weighted by molar-refractivity contribution is -0.118. The molecule has 0 bridgehead atoms. The molecule has 0 saturated heterocycles. The number of rotatable bonds is 4. The number of amides is 1. The van der Waals surface area contributed by atoms with Crippen molar-refractivity contribution in [1.82, 2.24) is 0 Å². The van der Waals surface area contributed by atoms with Crippen LogP contribution in [0.4, 0.5) is 10.1 Å². The van der Waals surface area contributed by atoms with E-state index in [1.165, 1.54) is 6.07 Å². The molecule has 0 aromatic heterocycles. The minimum Gasteiger partial charge on any atom is -0.393 e. The number of benzene rings is 1. The summed E-state index contributed by atoms with van der Waals surface area (Å²) < 4.78 is 13.5. The van der Waals surface area contributed by atoms with Crippen LogP contribution >= 0.6 is 12.2 Å². The standard InChI is InChI=1S/C13H17FN2OS/c1-7(2)11(12(15)18)13(17)16-10-6-8(3)4-5-9(10)14/h4-7,11H,1-3H3,(H2,15,18)(H,16,17). The lowest BCUT2D eigenvalue weighted by Gasteiger charge is -2.19. The Balaban J connectivity index is 2.92. The number of hydrogen-bond donors (Lipinski definition) is 2. The fourth-order valence-electron chi connectivity index (χ4n) is 1.71. The van der Waals surface area contributed by atoms with Gasteiger partial charge in [-0.25, -0.2) is 4.39 Å². The monoisotopic (exact) mass is 268 g/mol. The quantitative estimate of drug-likeness (QED) is 0.825. The first-order chi connectivity index (χ1) is 8.32. The van der Waals surface area contributed by atoms with Crippen LogP contribution < -0.4 is 11.1 Å². The van der Waals surface area contributed by atoms with Crippen LogP contribution in [0.2, 0.25) is 0 Å². The molecule has 0 spiro atoms. The minimum atomic E-state index is -0.597. The number of carbonyl (C=O) groups excluding carboxylic acids is 1. The van der Waals surface area contributed by atoms with E-state index in [0.29, 0.717) is 0 Å². The highest BCUT2D eigenvalue weighted by atomic mass is 32.1. The molecule has 1 aromatic carbocycles. The molecule has 1 rings (SSSR count). The van der Waals surface area contributed by atoms with Crippen LogP contribution in [0.1, 0.15) is 19.4 Å². The van der Waals surface area contributed by atoms with E-state index in [9.17, 15) is 9.18 Å². The van der Waals surface area contributed by atoms with Gasteiger partial charge in [-0.1, -0.05) is 32.1 Å². The number of aryl methyl sites for hydroxylation is 1. The van der Waals surface area contributed by atoms with Crippen LogP contribution in [-0.2, 0) is 4.79 Å². The van der Waals surface area contributed by atoms with Gasteiger partial charge in [-0.15, -0.1) is 0 Å². The first kappa shape index (κ1) is 14.6. The molecule has 0 aliphatic heterocycles. The van der Waals surface area contributed by atoms with Crippen molar-refractivity contribution in [2.75, 3.05) is 5.32 Å². The van der Waals surface area contributed by atoms with Crippen molar-refractivity contribution < 1.29 is 9.18 Å². The third kappa shape index (κ3) is 3.50. The molecule has 1 atom stereocenters. The maximum absolute atomic E-state index is 13.5. The van der Waals surface area contributed by atoms with E-state index >= 15 is 0 Å². The van der Waals surface area contributed by atoms with Crippen LogP contribution in [0.25, 0.3) is 0 Å². The van der Waals surface area contributed by atoms with Crippen molar-refractivity contribution in [1.29, 1.82) is 0 Å². The SMILES string of the molecule is Cc1ccc(F)c(NC(=O)C(C(N)=S)C(C)C)c1. The summed E-state index contributed by atoms with van der Waals surface area (Å²) in [6.07, 6.45) is 0. The maximum atomic E-state index is 13.5. The molecule has 3 nitrogen and oxygen atoms in total. The fourth-order valence-corrected chi connectivity index (χ4v) is 2.09. The predicted octanol–water partition coefficient (Wildman–Crippen LogP) is 2.63. The highest BCUT2D eigenvalue weighted by Crippen LogP contribution is 2.19. The lowest BCUT2D eigenvalue weighted by Crippen LogP contribution is -2.36. The second-order valence-corrected chi connectivity index (χ2v) is 5.07. The predicted molar refractivity (Wildman–Crippen MR) is 74.9 cm³/mol. The summed E-state index contributed by atoms with van der Waals surface area (Å²) in [5.41, 5.74) is 6.56. The van der Waals surface area contributed by atoms with Crippen LogP contribution in [0.3, 0.4) is 0 Å². The van der Waals surface area contributed by atoms with Gasteiger partial charge in [0.05, 0.1) is 16.6 Å². The van der Waals surface area contributed by atoms with Gasteiger partial charge in [0.2, 0.25) is 5.91 Å². The lowest BCUT2D eigenvalue weighted by atomic mass is 9.95. The van der Waals surface area contributed by atoms with E-state index in [0.717, 1.165) is 5.56 Å². The normalized spacial score (nSPS) is 12.3. The first-order valence-corrected chi connectivity index (χ1v) is 6.10. The summed E-state index contributed by atoms with van der Waals surface area (Å²) in [5, 5.41) is 2.53. The molecule has 1 amide bonds. The van der Waals surface area contributed by atoms with Crippen molar-refractivity contribution in [3.63, 3.8) is 0 Å². The molecule has 0 saturated carbocycles. The largest absolute Gasteiger partial charge is 0.393 e. The minimum absolute atomic E-state index is 0.0321. The van der Waals surface area contributed by atoms with E-state index in [-0.39, 0.29) is 22.5 Å². The molecule has 1 unspecified atom stereocenters. The van der Waals surface area contributed by atoms with Gasteiger partial charge in [-0.05, 0) is 30.5 Å². The summed E-state index contributed by atoms with van der Waals surface area (Å²) in [7, 11) is 0. The zero-order chi connectivity index (χ0) is 13.9. The highest BCUT2D eigenvalue weighted by molar-refractivity contribution is 7.80. The average Bonchev–Trinajstić information content (AvgIpc) is 2.22. The Bertz CT molecular complexity index is 474. The average molecular weight is 268 g/mol. The summed E-state index contributed by atoms with van der Waals surface area (Å²) in [6.45, 7) is 5.51. The van der Waals surface area contributed by atoms with E-state index in [1.807, 2.05) is 20.8 Å². The van der Waals surface area contributed by atoms with Crippen molar-refractivity contribution in [2.24, 2.45) is 17.6 Å². The Hall–Kier alpha value is -1.49. The molecule has 5 heteroatoms. The molecular weight excluding hydrogens is 251 g/mol. The van der Waals surface area contributed by atoms with Gasteiger partial charge in [0, 0.05) is 0 Å². The van der Waals surface area contributed by atoms with Gasteiger partial charge in [-0.2, -0.15) is 0 Å².